The lowest BCUT2D eigenvalue weighted by molar-refractivity contribution is -0.137. The number of nitrogens with zero attached hydrogens (tertiary/aromatic N) is 1. The first kappa shape index (κ1) is 14.0. The molecule has 1 N–H and O–H groups in total. The molecule has 0 spiro atoms. The minimum absolute atomic E-state index is 0.233. The molecule has 4 heteroatoms. The second-order valence-electron chi connectivity index (χ2n) is 3.96. The summed E-state index contributed by atoms with van der Waals surface area (Å²) in [6.45, 7) is 3.88. The van der Waals surface area contributed by atoms with Crippen LogP contribution in [-0.4, -0.2) is 24.2 Å². The Morgan fingerprint density at radius 1 is 1.29 bits per heavy atom. The van der Waals surface area contributed by atoms with E-state index in [1.165, 1.54) is 0 Å². The van der Waals surface area contributed by atoms with Gasteiger partial charge in [-0.3, -0.25) is 4.79 Å². The first-order chi connectivity index (χ1) is 8.13. The standard InChI is InChI=1S/C13H18BrNO2/c1-2-9-15(10-3-4-13(16)17)12-7-5-11(14)6-8-12/h5-8H,2-4,9-10H2,1H3,(H,16,17). The Morgan fingerprint density at radius 2 is 1.94 bits per heavy atom. The number of hydrogen-bond acceptors (Lipinski definition) is 2. The van der Waals surface area contributed by atoms with Crippen LogP contribution in [0, 0.1) is 0 Å². The van der Waals surface area contributed by atoms with Crippen LogP contribution in [0.4, 0.5) is 5.69 Å². The molecule has 94 valence electrons. The van der Waals surface area contributed by atoms with Crippen LogP contribution in [0.15, 0.2) is 28.7 Å². The second-order valence-corrected chi connectivity index (χ2v) is 4.88. The van der Waals surface area contributed by atoms with E-state index in [0.29, 0.717) is 6.42 Å². The molecule has 17 heavy (non-hydrogen) atoms. The Hall–Kier alpha value is -1.03. The third kappa shape index (κ3) is 5.22. The Labute approximate surface area is 111 Å². The zero-order valence-electron chi connectivity index (χ0n) is 10.0. The van der Waals surface area contributed by atoms with Gasteiger partial charge in [-0.2, -0.15) is 0 Å². The lowest BCUT2D eigenvalue weighted by Gasteiger charge is -2.24. The average molecular weight is 300 g/mol. The molecular formula is C13H18BrNO2. The minimum Gasteiger partial charge on any atom is -0.481 e. The number of aliphatic carboxylic acids is 1. The van der Waals surface area contributed by atoms with Gasteiger partial charge in [-0.15, -0.1) is 0 Å². The number of benzene rings is 1. The van der Waals surface area contributed by atoms with Crippen LogP contribution in [0.25, 0.3) is 0 Å². The van der Waals surface area contributed by atoms with Crippen molar-refractivity contribution >= 4 is 27.6 Å². The second kappa shape index (κ2) is 7.33. The third-order valence-electron chi connectivity index (χ3n) is 2.50. The van der Waals surface area contributed by atoms with E-state index in [-0.39, 0.29) is 6.42 Å². The van der Waals surface area contributed by atoms with Crippen molar-refractivity contribution in [3.05, 3.63) is 28.7 Å². The molecule has 0 aliphatic heterocycles. The molecule has 0 fully saturated rings. The van der Waals surface area contributed by atoms with Crippen molar-refractivity contribution in [2.75, 3.05) is 18.0 Å². The molecule has 0 amide bonds. The number of carboxylic acids is 1. The summed E-state index contributed by atoms with van der Waals surface area (Å²) in [6, 6.07) is 8.13. The number of anilines is 1. The zero-order chi connectivity index (χ0) is 12.7. The van der Waals surface area contributed by atoms with Crippen molar-refractivity contribution in [2.24, 2.45) is 0 Å². The summed E-state index contributed by atoms with van der Waals surface area (Å²) >= 11 is 3.41. The van der Waals surface area contributed by atoms with Gasteiger partial charge >= 0.3 is 5.97 Å². The summed E-state index contributed by atoms with van der Waals surface area (Å²) in [6.07, 6.45) is 1.98. The van der Waals surface area contributed by atoms with Gasteiger partial charge in [0, 0.05) is 29.7 Å². The highest BCUT2D eigenvalue weighted by molar-refractivity contribution is 9.10. The van der Waals surface area contributed by atoms with Crippen molar-refractivity contribution in [2.45, 2.75) is 26.2 Å². The van der Waals surface area contributed by atoms with Crippen LogP contribution in [0.3, 0.4) is 0 Å². The fourth-order valence-electron chi connectivity index (χ4n) is 1.71. The van der Waals surface area contributed by atoms with Crippen LogP contribution < -0.4 is 4.90 Å². The minimum atomic E-state index is -0.725. The van der Waals surface area contributed by atoms with Crippen molar-refractivity contribution < 1.29 is 9.90 Å². The number of hydrogen-bond donors (Lipinski definition) is 1. The number of carboxylic acid groups (broad SMARTS) is 1. The van der Waals surface area contributed by atoms with Crippen molar-refractivity contribution in [3.63, 3.8) is 0 Å². The molecule has 0 aliphatic carbocycles. The first-order valence-corrected chi connectivity index (χ1v) is 6.65. The largest absolute Gasteiger partial charge is 0.481 e. The van der Waals surface area contributed by atoms with Crippen molar-refractivity contribution in [1.82, 2.24) is 0 Å². The molecular weight excluding hydrogens is 282 g/mol. The third-order valence-corrected chi connectivity index (χ3v) is 3.03. The highest BCUT2D eigenvalue weighted by Crippen LogP contribution is 2.19. The first-order valence-electron chi connectivity index (χ1n) is 5.85. The summed E-state index contributed by atoms with van der Waals surface area (Å²) in [7, 11) is 0. The van der Waals surface area contributed by atoms with Gasteiger partial charge in [0.1, 0.15) is 0 Å². The smallest absolute Gasteiger partial charge is 0.303 e. The van der Waals surface area contributed by atoms with E-state index in [0.717, 1.165) is 29.7 Å². The van der Waals surface area contributed by atoms with Gasteiger partial charge in [0.05, 0.1) is 0 Å². The van der Waals surface area contributed by atoms with E-state index in [4.69, 9.17) is 5.11 Å². The van der Waals surface area contributed by atoms with E-state index in [1.54, 1.807) is 0 Å². The summed E-state index contributed by atoms with van der Waals surface area (Å²) < 4.78 is 1.06. The lowest BCUT2D eigenvalue weighted by Crippen LogP contribution is -2.25. The van der Waals surface area contributed by atoms with E-state index < -0.39 is 5.97 Å². The molecule has 0 heterocycles. The van der Waals surface area contributed by atoms with E-state index in [2.05, 4.69) is 39.9 Å². The van der Waals surface area contributed by atoms with E-state index in [1.807, 2.05) is 12.1 Å². The molecule has 1 aromatic carbocycles. The Kier molecular flexibility index (Phi) is 6.05. The van der Waals surface area contributed by atoms with Crippen LogP contribution in [0.5, 0.6) is 0 Å². The maximum Gasteiger partial charge on any atom is 0.303 e. The Morgan fingerprint density at radius 3 is 2.47 bits per heavy atom. The lowest BCUT2D eigenvalue weighted by atomic mass is 10.2. The van der Waals surface area contributed by atoms with E-state index in [9.17, 15) is 4.79 Å². The van der Waals surface area contributed by atoms with Crippen molar-refractivity contribution in [1.29, 1.82) is 0 Å². The topological polar surface area (TPSA) is 40.5 Å². The summed E-state index contributed by atoms with van der Waals surface area (Å²) in [5.74, 6) is -0.725. The monoisotopic (exact) mass is 299 g/mol. The molecule has 0 radical (unpaired) electrons. The molecule has 0 bridgehead atoms. The Bertz CT molecular complexity index is 351. The SMILES string of the molecule is CCCN(CCCC(=O)O)c1ccc(Br)cc1. The van der Waals surface area contributed by atoms with Gasteiger partial charge in [-0.1, -0.05) is 22.9 Å². The summed E-state index contributed by atoms with van der Waals surface area (Å²) in [5, 5.41) is 8.64. The summed E-state index contributed by atoms with van der Waals surface area (Å²) in [4.78, 5) is 12.7. The van der Waals surface area contributed by atoms with Gasteiger partial charge in [-0.05, 0) is 37.1 Å². The molecule has 0 aliphatic rings. The molecule has 0 saturated heterocycles. The summed E-state index contributed by atoms with van der Waals surface area (Å²) in [5.41, 5.74) is 1.15. The number of carbonyl (C=O) groups is 1. The molecule has 0 aromatic heterocycles. The van der Waals surface area contributed by atoms with Crippen LogP contribution in [0.2, 0.25) is 0 Å². The maximum atomic E-state index is 10.5. The number of halogens is 1. The normalized spacial score (nSPS) is 10.2. The molecule has 0 atom stereocenters. The van der Waals surface area contributed by atoms with E-state index >= 15 is 0 Å². The van der Waals surface area contributed by atoms with Crippen LogP contribution in [0.1, 0.15) is 26.2 Å². The van der Waals surface area contributed by atoms with Crippen LogP contribution >= 0.6 is 15.9 Å². The molecule has 1 aromatic rings. The van der Waals surface area contributed by atoms with Gasteiger partial charge in [0.15, 0.2) is 0 Å². The highest BCUT2D eigenvalue weighted by atomic mass is 79.9. The molecule has 0 unspecified atom stereocenters. The number of rotatable bonds is 7. The van der Waals surface area contributed by atoms with Crippen LogP contribution in [-0.2, 0) is 4.79 Å². The predicted octanol–water partition coefficient (Wildman–Crippen LogP) is 3.53. The fourth-order valence-corrected chi connectivity index (χ4v) is 1.98. The van der Waals surface area contributed by atoms with Gasteiger partial charge in [0.2, 0.25) is 0 Å². The fraction of sp³-hybridized carbons (Fsp3) is 0.462. The van der Waals surface area contributed by atoms with Gasteiger partial charge in [-0.25, -0.2) is 0 Å². The molecule has 0 saturated carbocycles. The Balaban J connectivity index is 2.58. The quantitative estimate of drug-likeness (QED) is 0.837. The van der Waals surface area contributed by atoms with Crippen molar-refractivity contribution in [3.8, 4) is 0 Å². The average Bonchev–Trinajstić information content (AvgIpc) is 2.29. The van der Waals surface area contributed by atoms with Gasteiger partial charge in [0.25, 0.3) is 0 Å². The molecule has 1 rings (SSSR count). The zero-order valence-corrected chi connectivity index (χ0v) is 11.6. The highest BCUT2D eigenvalue weighted by Gasteiger charge is 2.06. The molecule has 3 nitrogen and oxygen atoms in total. The van der Waals surface area contributed by atoms with Gasteiger partial charge < -0.3 is 10.0 Å². The predicted molar refractivity (Wildman–Crippen MR) is 73.5 cm³/mol. The maximum absolute atomic E-state index is 10.5.